The first-order valence-electron chi connectivity index (χ1n) is 11.7. The minimum Gasteiger partial charge on any atom is -0.343 e. The molecule has 1 aliphatic rings. The molecule has 4 rings (SSSR count). The number of benzene rings is 2. The van der Waals surface area contributed by atoms with Gasteiger partial charge in [-0.05, 0) is 35.6 Å². The summed E-state index contributed by atoms with van der Waals surface area (Å²) in [5.74, 6) is -1.22. The summed E-state index contributed by atoms with van der Waals surface area (Å²) in [6.45, 7) is 5.37. The zero-order chi connectivity index (χ0) is 25.1. The summed E-state index contributed by atoms with van der Waals surface area (Å²) in [6, 6.07) is 12.5. The third-order valence-corrected chi connectivity index (χ3v) is 6.41. The van der Waals surface area contributed by atoms with E-state index in [0.717, 1.165) is 5.56 Å². The lowest BCUT2D eigenvalue weighted by atomic mass is 9.94. The summed E-state index contributed by atoms with van der Waals surface area (Å²) in [6.07, 6.45) is -1.49. The van der Waals surface area contributed by atoms with E-state index in [1.165, 1.54) is 11.0 Å². The zero-order valence-corrected chi connectivity index (χ0v) is 20.0. The second-order valence-electron chi connectivity index (χ2n) is 9.22. The van der Waals surface area contributed by atoms with Crippen molar-refractivity contribution in [2.45, 2.75) is 57.8 Å². The van der Waals surface area contributed by atoms with Crippen molar-refractivity contribution in [3.63, 3.8) is 0 Å². The highest BCUT2D eigenvalue weighted by molar-refractivity contribution is 5.89. The van der Waals surface area contributed by atoms with Crippen LogP contribution >= 0.6 is 0 Å². The average molecular weight is 482 g/mol. The molecule has 0 spiro atoms. The molecule has 7 nitrogen and oxygen atoms in total. The summed E-state index contributed by atoms with van der Waals surface area (Å²) in [5, 5.41) is 13.3. The van der Waals surface area contributed by atoms with Crippen molar-refractivity contribution in [3.05, 3.63) is 82.4 Å². The van der Waals surface area contributed by atoms with Crippen molar-refractivity contribution in [3.8, 4) is 0 Å². The zero-order valence-electron chi connectivity index (χ0n) is 20.0. The number of aromatic nitrogens is 3. The number of hydrogen-bond donors (Lipinski definition) is 2. The van der Waals surface area contributed by atoms with Gasteiger partial charge in [-0.2, -0.15) is 15.4 Å². The Balaban J connectivity index is 1.59. The number of hydrogen-bond acceptors (Lipinski definition) is 4. The van der Waals surface area contributed by atoms with Crippen LogP contribution in [0.3, 0.4) is 0 Å². The normalized spacial score (nSPS) is 18.6. The van der Waals surface area contributed by atoms with E-state index >= 15 is 0 Å². The van der Waals surface area contributed by atoms with E-state index in [1.807, 2.05) is 44.2 Å². The number of aryl methyl sites for hydroxylation is 1. The Morgan fingerprint density at radius 2 is 1.89 bits per heavy atom. The number of nitrogens with zero attached hydrogens (tertiary/aromatic N) is 3. The number of aromatic amines is 1. The number of carbonyl (C=O) groups is 2. The van der Waals surface area contributed by atoms with Gasteiger partial charge in [-0.25, -0.2) is 8.78 Å². The first-order valence-corrected chi connectivity index (χ1v) is 11.7. The Hall–Kier alpha value is -3.62. The highest BCUT2D eigenvalue weighted by Crippen LogP contribution is 2.28. The first kappa shape index (κ1) is 24.5. The average Bonchev–Trinajstić information content (AvgIpc) is 3.42. The van der Waals surface area contributed by atoms with Crippen molar-refractivity contribution in [2.75, 3.05) is 6.54 Å². The molecule has 1 aromatic heterocycles. The highest BCUT2D eigenvalue weighted by Gasteiger charge is 2.40. The predicted molar refractivity (Wildman–Crippen MR) is 127 cm³/mol. The summed E-state index contributed by atoms with van der Waals surface area (Å²) < 4.78 is 29.2. The van der Waals surface area contributed by atoms with Crippen molar-refractivity contribution >= 4 is 11.8 Å². The molecule has 2 N–H and O–H groups in total. The monoisotopic (exact) mass is 481 g/mol. The van der Waals surface area contributed by atoms with E-state index in [9.17, 15) is 18.4 Å². The molecule has 1 saturated heterocycles. The summed E-state index contributed by atoms with van der Waals surface area (Å²) in [7, 11) is 0. The molecule has 0 bridgehead atoms. The van der Waals surface area contributed by atoms with Crippen LogP contribution in [0.15, 0.2) is 48.5 Å². The predicted octanol–water partition coefficient (Wildman–Crippen LogP) is 3.76. The number of rotatable bonds is 7. The minimum atomic E-state index is -1.31. The standard InChI is InChI=1S/C26H29F2N5O2/c1-15(2)20-10-9-18(11-21(20)28)25(17-7-5-4-6-8-17)29-26(35)23-12-19(27)14-33(23)24(34)13-22-16(3)30-32-31-22/h4-11,15,19,23,25H,12-14H2,1-3H3,(H,29,35)(H,30,31,32)/t19-,23+,25+/m1/s1. The van der Waals surface area contributed by atoms with E-state index in [2.05, 4.69) is 20.7 Å². The number of nitrogens with one attached hydrogen (secondary N) is 2. The van der Waals surface area contributed by atoms with Gasteiger partial charge < -0.3 is 10.2 Å². The fourth-order valence-corrected chi connectivity index (χ4v) is 4.46. The number of H-pyrrole nitrogens is 1. The smallest absolute Gasteiger partial charge is 0.243 e. The largest absolute Gasteiger partial charge is 0.343 e. The fraction of sp³-hybridized carbons (Fsp3) is 0.385. The van der Waals surface area contributed by atoms with Crippen molar-refractivity contribution in [1.82, 2.24) is 25.6 Å². The Morgan fingerprint density at radius 1 is 1.14 bits per heavy atom. The topological polar surface area (TPSA) is 91.0 Å². The summed E-state index contributed by atoms with van der Waals surface area (Å²) in [4.78, 5) is 27.6. The Kier molecular flexibility index (Phi) is 7.23. The lowest BCUT2D eigenvalue weighted by molar-refractivity contribution is -0.138. The van der Waals surface area contributed by atoms with Gasteiger partial charge in [0.2, 0.25) is 11.8 Å². The molecule has 2 aromatic carbocycles. The molecule has 0 radical (unpaired) electrons. The molecule has 35 heavy (non-hydrogen) atoms. The van der Waals surface area contributed by atoms with Gasteiger partial charge in [0.25, 0.3) is 0 Å². The fourth-order valence-electron chi connectivity index (χ4n) is 4.46. The van der Waals surface area contributed by atoms with Gasteiger partial charge in [0.1, 0.15) is 18.0 Å². The summed E-state index contributed by atoms with van der Waals surface area (Å²) >= 11 is 0. The van der Waals surface area contributed by atoms with E-state index in [-0.39, 0.29) is 31.1 Å². The van der Waals surface area contributed by atoms with E-state index in [0.29, 0.717) is 22.5 Å². The minimum absolute atomic E-state index is 0.0155. The van der Waals surface area contributed by atoms with Crippen LogP contribution in [0.25, 0.3) is 0 Å². The molecule has 0 aliphatic carbocycles. The molecule has 2 heterocycles. The SMILES string of the molecule is Cc1n[nH]nc1CC(=O)N1C[C@H](F)C[C@H]1C(=O)N[C@@H](c1ccccc1)c1ccc(C(C)C)c(F)c1. The Labute approximate surface area is 202 Å². The molecule has 0 saturated carbocycles. The maximum atomic E-state index is 14.8. The van der Waals surface area contributed by atoms with Crippen LogP contribution in [0, 0.1) is 12.7 Å². The first-order chi connectivity index (χ1) is 16.7. The van der Waals surface area contributed by atoms with E-state index in [4.69, 9.17) is 0 Å². The molecule has 0 unspecified atom stereocenters. The number of halogens is 2. The van der Waals surface area contributed by atoms with Crippen molar-refractivity contribution in [1.29, 1.82) is 0 Å². The molecule has 1 fully saturated rings. The molecule has 3 aromatic rings. The van der Waals surface area contributed by atoms with Crippen LogP contribution in [0.5, 0.6) is 0 Å². The quantitative estimate of drug-likeness (QED) is 0.538. The number of alkyl halides is 1. The van der Waals surface area contributed by atoms with Gasteiger partial charge in [-0.1, -0.05) is 56.3 Å². The second-order valence-corrected chi connectivity index (χ2v) is 9.22. The van der Waals surface area contributed by atoms with Gasteiger partial charge in [0, 0.05) is 6.42 Å². The van der Waals surface area contributed by atoms with Gasteiger partial charge in [-0.15, -0.1) is 0 Å². The molecule has 1 aliphatic heterocycles. The second kappa shape index (κ2) is 10.3. The number of likely N-dealkylation sites (tertiary alicyclic amines) is 1. The van der Waals surface area contributed by atoms with Crippen LogP contribution in [0.2, 0.25) is 0 Å². The van der Waals surface area contributed by atoms with Gasteiger partial charge in [-0.3, -0.25) is 9.59 Å². The van der Waals surface area contributed by atoms with E-state index in [1.54, 1.807) is 19.1 Å². The molecule has 9 heteroatoms. The van der Waals surface area contributed by atoms with Gasteiger partial charge >= 0.3 is 0 Å². The molecule has 2 amide bonds. The lowest BCUT2D eigenvalue weighted by Crippen LogP contribution is -2.47. The molecule has 3 atom stereocenters. The van der Waals surface area contributed by atoms with Crippen LogP contribution in [-0.4, -0.2) is 50.9 Å². The van der Waals surface area contributed by atoms with Crippen LogP contribution in [0.1, 0.15) is 60.3 Å². The Bertz CT molecular complexity index is 1200. The van der Waals surface area contributed by atoms with Crippen molar-refractivity contribution < 1.29 is 18.4 Å². The number of carbonyl (C=O) groups excluding carboxylic acids is 2. The number of amides is 2. The maximum absolute atomic E-state index is 14.8. The third kappa shape index (κ3) is 5.39. The van der Waals surface area contributed by atoms with Crippen LogP contribution < -0.4 is 5.32 Å². The molecular weight excluding hydrogens is 452 g/mol. The van der Waals surface area contributed by atoms with Crippen molar-refractivity contribution in [2.24, 2.45) is 0 Å². The lowest BCUT2D eigenvalue weighted by Gasteiger charge is -2.27. The molecular formula is C26H29F2N5O2. The highest BCUT2D eigenvalue weighted by atomic mass is 19.1. The molecule has 184 valence electrons. The Morgan fingerprint density at radius 3 is 2.51 bits per heavy atom. The van der Waals surface area contributed by atoms with E-state index < -0.39 is 30.1 Å². The van der Waals surface area contributed by atoms with Gasteiger partial charge in [0.05, 0.1) is 30.4 Å². The maximum Gasteiger partial charge on any atom is 0.243 e. The third-order valence-electron chi connectivity index (χ3n) is 6.41. The van der Waals surface area contributed by atoms with Gasteiger partial charge in [0.15, 0.2) is 0 Å². The van der Waals surface area contributed by atoms with Crippen LogP contribution in [-0.2, 0) is 16.0 Å². The van der Waals surface area contributed by atoms with Crippen LogP contribution in [0.4, 0.5) is 8.78 Å². The summed E-state index contributed by atoms with van der Waals surface area (Å²) in [5.41, 5.74) is 2.94.